The van der Waals surface area contributed by atoms with Crippen molar-refractivity contribution in [1.82, 2.24) is 5.32 Å². The fraction of sp³-hybridized carbons (Fsp3) is 0.455. The minimum atomic E-state index is 0.192. The van der Waals surface area contributed by atoms with E-state index in [2.05, 4.69) is 66.1 Å². The second-order valence-electron chi connectivity index (χ2n) is 8.12. The average Bonchev–Trinajstić information content (AvgIpc) is 2.63. The molecule has 1 saturated heterocycles. The van der Waals surface area contributed by atoms with Gasteiger partial charge in [-0.1, -0.05) is 24.3 Å². The van der Waals surface area contributed by atoms with Crippen LogP contribution in [-0.4, -0.2) is 12.1 Å². The number of hydrogen-bond acceptors (Lipinski definition) is 2. The van der Waals surface area contributed by atoms with E-state index in [4.69, 9.17) is 0 Å². The first-order valence-electron chi connectivity index (χ1n) is 9.47. The third kappa shape index (κ3) is 2.20. The van der Waals surface area contributed by atoms with Gasteiger partial charge < -0.3 is 10.6 Å². The molecule has 1 aliphatic carbocycles. The molecule has 2 aromatic rings. The molecule has 5 aliphatic heterocycles. The van der Waals surface area contributed by atoms with Gasteiger partial charge >= 0.3 is 0 Å². The minimum Gasteiger partial charge on any atom is -0.356 e. The van der Waals surface area contributed by atoms with E-state index >= 15 is 0 Å². The molecule has 24 heavy (non-hydrogen) atoms. The van der Waals surface area contributed by atoms with Crippen LogP contribution in [0.25, 0.3) is 0 Å². The van der Waals surface area contributed by atoms with E-state index in [-0.39, 0.29) is 5.41 Å². The summed E-state index contributed by atoms with van der Waals surface area (Å²) < 4.78 is 0. The summed E-state index contributed by atoms with van der Waals surface area (Å²) in [4.78, 5) is 0. The maximum atomic E-state index is 3.87. The molecule has 0 radical (unpaired) electrons. The van der Waals surface area contributed by atoms with E-state index in [1.54, 1.807) is 0 Å². The molecule has 2 heteroatoms. The molecule has 3 atom stereocenters. The van der Waals surface area contributed by atoms with Gasteiger partial charge in [-0.2, -0.15) is 0 Å². The van der Waals surface area contributed by atoms with Crippen molar-refractivity contribution in [2.45, 2.75) is 56.5 Å². The lowest BCUT2D eigenvalue weighted by atomic mass is 9.59. The first-order valence-corrected chi connectivity index (χ1v) is 9.47. The molecule has 1 spiro atoms. The maximum Gasteiger partial charge on any atom is 0.0384 e. The Morgan fingerprint density at radius 1 is 0.833 bits per heavy atom. The number of nitrogens with one attached hydrogen (secondary N) is 2. The third-order valence-electron chi connectivity index (χ3n) is 6.69. The molecule has 2 nitrogen and oxygen atoms in total. The standard InChI is InChI=1S/C22H26N2/c1-15-2-3-16-14-22(13-12-21(16)23-15)17-4-8-19(9-5-17)24-20-10-6-18(22)7-11-20/h4-11,15-16,21,23-24H,2-3,12-14H2,1H3. The molecule has 4 bridgehead atoms. The summed E-state index contributed by atoms with van der Waals surface area (Å²) in [6.45, 7) is 2.34. The van der Waals surface area contributed by atoms with Gasteiger partial charge in [0.05, 0.1) is 0 Å². The SMILES string of the molecule is CC1CCC2CC3(CCC2N1)c1ccc(cc1)Nc1ccc3cc1. The van der Waals surface area contributed by atoms with Crippen LogP contribution in [0.1, 0.15) is 50.2 Å². The van der Waals surface area contributed by atoms with Crippen LogP contribution < -0.4 is 10.6 Å². The molecule has 1 saturated carbocycles. The van der Waals surface area contributed by atoms with Crippen LogP contribution >= 0.6 is 0 Å². The normalized spacial score (nSPS) is 30.0. The van der Waals surface area contributed by atoms with Crippen LogP contribution in [0.4, 0.5) is 11.4 Å². The molecule has 8 rings (SSSR count). The largest absolute Gasteiger partial charge is 0.356 e. The summed E-state index contributed by atoms with van der Waals surface area (Å²) in [6.07, 6.45) is 6.51. The van der Waals surface area contributed by atoms with Crippen molar-refractivity contribution in [2.24, 2.45) is 5.92 Å². The van der Waals surface area contributed by atoms with Gasteiger partial charge in [0.1, 0.15) is 0 Å². The number of rotatable bonds is 0. The molecule has 3 unspecified atom stereocenters. The lowest BCUT2D eigenvalue weighted by molar-refractivity contribution is 0.139. The van der Waals surface area contributed by atoms with E-state index < -0.39 is 0 Å². The van der Waals surface area contributed by atoms with Gasteiger partial charge in [0.15, 0.2) is 0 Å². The van der Waals surface area contributed by atoms with E-state index in [9.17, 15) is 0 Å². The Bertz CT molecular complexity index is 686. The Kier molecular flexibility index (Phi) is 3.24. The van der Waals surface area contributed by atoms with Gasteiger partial charge in [0.25, 0.3) is 0 Å². The average molecular weight is 318 g/mol. The summed E-state index contributed by atoms with van der Waals surface area (Å²) in [5.41, 5.74) is 5.56. The van der Waals surface area contributed by atoms with Crippen molar-refractivity contribution in [3.05, 3.63) is 59.7 Å². The Balaban J connectivity index is 1.60. The second kappa shape index (κ2) is 5.35. The van der Waals surface area contributed by atoms with Crippen LogP contribution in [0, 0.1) is 5.92 Å². The molecule has 0 amide bonds. The molecule has 2 aromatic carbocycles. The Labute approximate surface area is 144 Å². The van der Waals surface area contributed by atoms with Crippen molar-refractivity contribution < 1.29 is 0 Å². The molecule has 124 valence electrons. The predicted octanol–water partition coefficient (Wildman–Crippen LogP) is 4.97. The van der Waals surface area contributed by atoms with Gasteiger partial charge in [0.2, 0.25) is 0 Å². The van der Waals surface area contributed by atoms with E-state index in [1.165, 1.54) is 54.6 Å². The van der Waals surface area contributed by atoms with E-state index in [0.29, 0.717) is 6.04 Å². The van der Waals surface area contributed by atoms with Gasteiger partial charge in [-0.05, 0) is 80.3 Å². The van der Waals surface area contributed by atoms with Crippen molar-refractivity contribution in [2.75, 3.05) is 5.32 Å². The van der Waals surface area contributed by atoms with E-state index in [0.717, 1.165) is 12.0 Å². The van der Waals surface area contributed by atoms with Gasteiger partial charge in [-0.25, -0.2) is 0 Å². The Morgan fingerprint density at radius 2 is 1.46 bits per heavy atom. The van der Waals surface area contributed by atoms with Crippen molar-refractivity contribution in [3.8, 4) is 0 Å². The zero-order valence-electron chi connectivity index (χ0n) is 14.4. The molecular weight excluding hydrogens is 292 g/mol. The molecular formula is C22H26N2. The van der Waals surface area contributed by atoms with Gasteiger partial charge in [0, 0.05) is 28.9 Å². The van der Waals surface area contributed by atoms with Crippen molar-refractivity contribution >= 4 is 11.4 Å². The van der Waals surface area contributed by atoms with Gasteiger partial charge in [-0.3, -0.25) is 0 Å². The molecule has 2 N–H and O–H groups in total. The highest BCUT2D eigenvalue weighted by molar-refractivity contribution is 5.63. The summed E-state index contributed by atoms with van der Waals surface area (Å²) in [7, 11) is 0. The quantitative estimate of drug-likeness (QED) is 0.716. The highest BCUT2D eigenvalue weighted by Crippen LogP contribution is 2.49. The van der Waals surface area contributed by atoms with Gasteiger partial charge in [-0.15, -0.1) is 0 Å². The monoisotopic (exact) mass is 318 g/mol. The fourth-order valence-electron chi connectivity index (χ4n) is 5.37. The highest BCUT2D eigenvalue weighted by Gasteiger charge is 2.44. The number of fused-ring (bicyclic) bond motifs is 1. The zero-order valence-corrected chi connectivity index (χ0v) is 14.4. The van der Waals surface area contributed by atoms with E-state index in [1.807, 2.05) is 0 Å². The summed E-state index contributed by atoms with van der Waals surface area (Å²) in [5.74, 6) is 0.801. The molecule has 0 aromatic heterocycles. The van der Waals surface area contributed by atoms with Crippen LogP contribution in [0.2, 0.25) is 0 Å². The molecule has 5 heterocycles. The highest BCUT2D eigenvalue weighted by atomic mass is 15.0. The van der Waals surface area contributed by atoms with Crippen LogP contribution in [-0.2, 0) is 5.41 Å². The first-order chi connectivity index (χ1) is 11.7. The molecule has 2 fully saturated rings. The summed E-state index contributed by atoms with van der Waals surface area (Å²) in [5, 5.41) is 7.36. The van der Waals surface area contributed by atoms with Crippen molar-refractivity contribution in [3.63, 3.8) is 0 Å². The summed E-state index contributed by atoms with van der Waals surface area (Å²) >= 11 is 0. The molecule has 6 aliphatic rings. The van der Waals surface area contributed by atoms with Crippen LogP contribution in [0.5, 0.6) is 0 Å². The van der Waals surface area contributed by atoms with Crippen LogP contribution in [0.3, 0.4) is 0 Å². The number of benzene rings is 2. The lowest BCUT2D eigenvalue weighted by Crippen LogP contribution is -2.52. The fourth-order valence-corrected chi connectivity index (χ4v) is 5.37. The van der Waals surface area contributed by atoms with Crippen molar-refractivity contribution in [1.29, 1.82) is 0 Å². The summed E-state index contributed by atoms with van der Waals surface area (Å²) in [6, 6.07) is 19.8. The predicted molar refractivity (Wildman–Crippen MR) is 99.9 cm³/mol. The minimum absolute atomic E-state index is 0.192. The number of anilines is 2. The third-order valence-corrected chi connectivity index (χ3v) is 6.69. The zero-order chi connectivity index (χ0) is 16.1. The lowest BCUT2D eigenvalue weighted by Gasteiger charge is -2.49. The topological polar surface area (TPSA) is 24.1 Å². The maximum absolute atomic E-state index is 3.87. The second-order valence-corrected chi connectivity index (χ2v) is 8.12. The first kappa shape index (κ1) is 14.5. The Morgan fingerprint density at radius 3 is 2.08 bits per heavy atom. The number of piperidine rings is 1. The Hall–Kier alpha value is -1.80. The van der Waals surface area contributed by atoms with Crippen LogP contribution in [0.15, 0.2) is 48.5 Å². The smallest absolute Gasteiger partial charge is 0.0384 e. The number of hydrogen-bond donors (Lipinski definition) is 2.